The van der Waals surface area contributed by atoms with Gasteiger partial charge in [-0.05, 0) is 48.4 Å². The van der Waals surface area contributed by atoms with Crippen molar-refractivity contribution in [1.82, 2.24) is 4.98 Å². The van der Waals surface area contributed by atoms with Gasteiger partial charge in [-0.3, -0.25) is 0 Å². The fourth-order valence-electron chi connectivity index (χ4n) is 2.47. The van der Waals surface area contributed by atoms with Gasteiger partial charge in [-0.1, -0.05) is 32.9 Å². The van der Waals surface area contributed by atoms with Gasteiger partial charge in [-0.25, -0.2) is 4.98 Å². The van der Waals surface area contributed by atoms with E-state index in [1.54, 1.807) is 11.3 Å². The lowest BCUT2D eigenvalue weighted by molar-refractivity contribution is 0.588. The Morgan fingerprint density at radius 2 is 1.76 bits per heavy atom. The lowest BCUT2D eigenvalue weighted by Crippen LogP contribution is -2.12. The zero-order valence-corrected chi connectivity index (χ0v) is 14.8. The number of aryl methyl sites for hydroxylation is 2. The van der Waals surface area contributed by atoms with E-state index in [0.717, 1.165) is 17.1 Å². The molecule has 0 aliphatic carbocycles. The molecule has 0 spiro atoms. The molecule has 1 atom stereocenters. The first-order chi connectivity index (χ1) is 9.68. The molecule has 2 aromatic rings. The minimum atomic E-state index is 0.0143. The van der Waals surface area contributed by atoms with Crippen molar-refractivity contribution >= 4 is 11.3 Å². The molecule has 1 unspecified atom stereocenters. The Morgan fingerprint density at radius 3 is 2.19 bits per heavy atom. The number of thiazole rings is 1. The predicted molar refractivity (Wildman–Crippen MR) is 92.1 cm³/mol. The first-order valence-corrected chi connectivity index (χ1v) is 8.37. The van der Waals surface area contributed by atoms with E-state index >= 15 is 0 Å². The topological polar surface area (TPSA) is 38.9 Å². The molecule has 2 nitrogen and oxygen atoms in total. The molecule has 1 aromatic carbocycles. The third-order valence-corrected chi connectivity index (χ3v) is 4.79. The van der Waals surface area contributed by atoms with Crippen LogP contribution in [0.5, 0.6) is 0 Å². The van der Waals surface area contributed by atoms with Crippen molar-refractivity contribution in [2.45, 2.75) is 59.4 Å². The second kappa shape index (κ2) is 5.90. The number of nitrogens with zero attached hydrogens (tertiary/aromatic N) is 1. The van der Waals surface area contributed by atoms with E-state index in [1.807, 2.05) is 6.92 Å². The third-order valence-electron chi connectivity index (χ3n) is 3.93. The van der Waals surface area contributed by atoms with Crippen LogP contribution < -0.4 is 5.73 Å². The molecule has 3 heteroatoms. The number of hydrogen-bond donors (Lipinski definition) is 1. The van der Waals surface area contributed by atoms with Gasteiger partial charge in [0.1, 0.15) is 0 Å². The summed E-state index contributed by atoms with van der Waals surface area (Å²) in [5.41, 5.74) is 12.6. The number of rotatable bonds is 3. The van der Waals surface area contributed by atoms with Crippen LogP contribution in [0.3, 0.4) is 0 Å². The smallest absolute Gasteiger partial charge is 0.0973 e. The minimum absolute atomic E-state index is 0.0143. The van der Waals surface area contributed by atoms with Crippen molar-refractivity contribution < 1.29 is 0 Å². The summed E-state index contributed by atoms with van der Waals surface area (Å²) in [7, 11) is 0. The average Bonchev–Trinajstić information content (AvgIpc) is 2.81. The van der Waals surface area contributed by atoms with E-state index in [2.05, 4.69) is 57.1 Å². The number of aromatic nitrogens is 1. The molecule has 0 aliphatic rings. The van der Waals surface area contributed by atoms with Gasteiger partial charge >= 0.3 is 0 Å². The standard InChI is InChI=1S/C18H26N2S/c1-11-7-14(18(4,5)6)8-12(2)15(11)9-17-20-16(10-21-17)13(3)19/h7-8,10,13H,9,19H2,1-6H3. The van der Waals surface area contributed by atoms with Gasteiger partial charge in [0.2, 0.25) is 0 Å². The lowest BCUT2D eigenvalue weighted by Gasteiger charge is -2.22. The second-order valence-electron chi connectivity index (χ2n) is 6.97. The summed E-state index contributed by atoms with van der Waals surface area (Å²) < 4.78 is 0. The van der Waals surface area contributed by atoms with E-state index in [-0.39, 0.29) is 11.5 Å². The van der Waals surface area contributed by atoms with E-state index in [9.17, 15) is 0 Å². The summed E-state index contributed by atoms with van der Waals surface area (Å²) >= 11 is 1.71. The van der Waals surface area contributed by atoms with Gasteiger partial charge in [0.15, 0.2) is 0 Å². The van der Waals surface area contributed by atoms with Crippen LogP contribution in [0, 0.1) is 13.8 Å². The van der Waals surface area contributed by atoms with E-state index < -0.39 is 0 Å². The summed E-state index contributed by atoms with van der Waals surface area (Å²) in [6.45, 7) is 13.2. The molecule has 0 bridgehead atoms. The van der Waals surface area contributed by atoms with E-state index in [0.29, 0.717) is 0 Å². The highest BCUT2D eigenvalue weighted by Gasteiger charge is 2.17. The van der Waals surface area contributed by atoms with Crippen LogP contribution in [0.1, 0.15) is 66.7 Å². The molecule has 114 valence electrons. The van der Waals surface area contributed by atoms with Gasteiger partial charge in [0, 0.05) is 17.8 Å². The number of hydrogen-bond acceptors (Lipinski definition) is 3. The Balaban J connectivity index is 2.32. The summed E-state index contributed by atoms with van der Waals surface area (Å²) in [5, 5.41) is 3.23. The first kappa shape index (κ1) is 16.2. The first-order valence-electron chi connectivity index (χ1n) is 7.49. The molecular weight excluding hydrogens is 276 g/mol. The molecule has 21 heavy (non-hydrogen) atoms. The van der Waals surface area contributed by atoms with Gasteiger partial charge in [0.05, 0.1) is 10.7 Å². The van der Waals surface area contributed by atoms with Crippen molar-refractivity contribution in [2.24, 2.45) is 5.73 Å². The maximum atomic E-state index is 5.89. The van der Waals surface area contributed by atoms with Crippen LogP contribution in [-0.2, 0) is 11.8 Å². The maximum Gasteiger partial charge on any atom is 0.0973 e. The van der Waals surface area contributed by atoms with Crippen molar-refractivity contribution in [1.29, 1.82) is 0 Å². The fourth-order valence-corrected chi connectivity index (χ4v) is 3.38. The Kier molecular flexibility index (Phi) is 4.54. The molecule has 0 saturated carbocycles. The summed E-state index contributed by atoms with van der Waals surface area (Å²) in [6.07, 6.45) is 0.902. The van der Waals surface area contributed by atoms with Crippen molar-refractivity contribution in [2.75, 3.05) is 0 Å². The van der Waals surface area contributed by atoms with Crippen LogP contribution in [0.4, 0.5) is 0 Å². The maximum absolute atomic E-state index is 5.89. The number of nitrogens with two attached hydrogens (primary N) is 1. The molecule has 0 radical (unpaired) electrons. The van der Waals surface area contributed by atoms with E-state index in [1.165, 1.54) is 22.3 Å². The Bertz CT molecular complexity index is 610. The Hall–Kier alpha value is -1.19. The van der Waals surface area contributed by atoms with Crippen LogP contribution >= 0.6 is 11.3 Å². The van der Waals surface area contributed by atoms with Crippen molar-refractivity contribution in [3.63, 3.8) is 0 Å². The average molecular weight is 302 g/mol. The predicted octanol–water partition coefficient (Wildman–Crippen LogP) is 4.67. The van der Waals surface area contributed by atoms with Crippen LogP contribution in [0.25, 0.3) is 0 Å². The summed E-state index contributed by atoms with van der Waals surface area (Å²) in [6, 6.07) is 4.66. The molecular formula is C18H26N2S. The third kappa shape index (κ3) is 3.72. The summed E-state index contributed by atoms with van der Waals surface area (Å²) in [4.78, 5) is 4.65. The molecule has 2 rings (SSSR count). The zero-order chi connectivity index (χ0) is 15.8. The van der Waals surface area contributed by atoms with E-state index in [4.69, 9.17) is 5.73 Å². The minimum Gasteiger partial charge on any atom is -0.323 e. The number of benzene rings is 1. The molecule has 0 saturated heterocycles. The van der Waals surface area contributed by atoms with Crippen LogP contribution in [0.2, 0.25) is 0 Å². The largest absolute Gasteiger partial charge is 0.323 e. The molecule has 0 amide bonds. The molecule has 0 fully saturated rings. The quantitative estimate of drug-likeness (QED) is 0.895. The van der Waals surface area contributed by atoms with Crippen LogP contribution in [0.15, 0.2) is 17.5 Å². The highest BCUT2D eigenvalue weighted by Crippen LogP contribution is 2.28. The highest BCUT2D eigenvalue weighted by atomic mass is 32.1. The molecule has 2 N–H and O–H groups in total. The zero-order valence-electron chi connectivity index (χ0n) is 13.9. The van der Waals surface area contributed by atoms with Gasteiger partial charge in [-0.2, -0.15) is 0 Å². The van der Waals surface area contributed by atoms with Crippen LogP contribution in [-0.4, -0.2) is 4.98 Å². The van der Waals surface area contributed by atoms with Crippen molar-refractivity contribution in [3.05, 3.63) is 50.5 Å². The highest BCUT2D eigenvalue weighted by molar-refractivity contribution is 7.09. The molecule has 1 aromatic heterocycles. The second-order valence-corrected chi connectivity index (χ2v) is 7.91. The SMILES string of the molecule is Cc1cc(C(C)(C)C)cc(C)c1Cc1nc(C(C)N)cs1. The Labute approximate surface area is 132 Å². The summed E-state index contributed by atoms with van der Waals surface area (Å²) in [5.74, 6) is 0. The Morgan fingerprint density at radius 1 is 1.19 bits per heavy atom. The van der Waals surface area contributed by atoms with Gasteiger partial charge in [0.25, 0.3) is 0 Å². The fraction of sp³-hybridized carbons (Fsp3) is 0.500. The normalized spacial score (nSPS) is 13.5. The van der Waals surface area contributed by atoms with Crippen molar-refractivity contribution in [3.8, 4) is 0 Å². The lowest BCUT2D eigenvalue weighted by atomic mass is 9.83. The monoisotopic (exact) mass is 302 g/mol. The molecule has 1 heterocycles. The van der Waals surface area contributed by atoms with Gasteiger partial charge in [-0.15, -0.1) is 11.3 Å². The van der Waals surface area contributed by atoms with Gasteiger partial charge < -0.3 is 5.73 Å². The molecule has 0 aliphatic heterocycles.